The number of carbonyl (C=O) groups is 1. The SMILES string of the molecule is Cc1ccc(C(=O)CCCCN(C)C)c(Cl)c1. The van der Waals surface area contributed by atoms with E-state index in [4.69, 9.17) is 11.6 Å². The molecule has 17 heavy (non-hydrogen) atoms. The lowest BCUT2D eigenvalue weighted by Crippen LogP contribution is -2.13. The van der Waals surface area contributed by atoms with Gasteiger partial charge in [-0.2, -0.15) is 0 Å². The van der Waals surface area contributed by atoms with E-state index in [1.54, 1.807) is 0 Å². The van der Waals surface area contributed by atoms with E-state index >= 15 is 0 Å². The van der Waals surface area contributed by atoms with Crippen molar-refractivity contribution in [1.82, 2.24) is 4.90 Å². The lowest BCUT2D eigenvalue weighted by atomic mass is 10.0. The molecule has 0 amide bonds. The molecule has 1 aromatic carbocycles. The van der Waals surface area contributed by atoms with Crippen LogP contribution in [-0.2, 0) is 0 Å². The average Bonchev–Trinajstić information content (AvgIpc) is 2.23. The van der Waals surface area contributed by atoms with Gasteiger partial charge in [0, 0.05) is 12.0 Å². The zero-order chi connectivity index (χ0) is 12.8. The van der Waals surface area contributed by atoms with Gasteiger partial charge in [0.1, 0.15) is 0 Å². The van der Waals surface area contributed by atoms with Gasteiger partial charge in [-0.3, -0.25) is 4.79 Å². The third-order valence-corrected chi connectivity index (χ3v) is 3.00. The normalized spacial score (nSPS) is 10.9. The summed E-state index contributed by atoms with van der Waals surface area (Å²) in [6, 6.07) is 5.60. The molecule has 0 spiro atoms. The molecule has 0 aliphatic rings. The molecule has 94 valence electrons. The second kappa shape index (κ2) is 6.77. The highest BCUT2D eigenvalue weighted by atomic mass is 35.5. The van der Waals surface area contributed by atoms with Crippen LogP contribution in [0.4, 0.5) is 0 Å². The molecule has 1 aromatic rings. The molecule has 0 fully saturated rings. The Labute approximate surface area is 109 Å². The molecule has 0 unspecified atom stereocenters. The van der Waals surface area contributed by atoms with Crippen molar-refractivity contribution in [2.75, 3.05) is 20.6 Å². The molecular weight excluding hydrogens is 234 g/mol. The molecule has 0 saturated heterocycles. The van der Waals surface area contributed by atoms with E-state index in [1.807, 2.05) is 39.2 Å². The Bertz CT molecular complexity index is 388. The summed E-state index contributed by atoms with van der Waals surface area (Å²) in [6.45, 7) is 2.99. The van der Waals surface area contributed by atoms with Crippen molar-refractivity contribution in [3.63, 3.8) is 0 Å². The maximum atomic E-state index is 11.9. The minimum Gasteiger partial charge on any atom is -0.309 e. The van der Waals surface area contributed by atoms with Crippen LogP contribution in [0.1, 0.15) is 35.2 Å². The molecule has 0 heterocycles. The highest BCUT2D eigenvalue weighted by molar-refractivity contribution is 6.34. The summed E-state index contributed by atoms with van der Waals surface area (Å²) in [7, 11) is 4.08. The van der Waals surface area contributed by atoms with Crippen LogP contribution in [0.15, 0.2) is 18.2 Å². The topological polar surface area (TPSA) is 20.3 Å². The van der Waals surface area contributed by atoms with Crippen LogP contribution >= 0.6 is 11.6 Å². The molecule has 0 bridgehead atoms. The van der Waals surface area contributed by atoms with E-state index < -0.39 is 0 Å². The Balaban J connectivity index is 2.47. The fourth-order valence-corrected chi connectivity index (χ4v) is 2.04. The van der Waals surface area contributed by atoms with E-state index in [2.05, 4.69) is 4.90 Å². The maximum Gasteiger partial charge on any atom is 0.164 e. The summed E-state index contributed by atoms with van der Waals surface area (Å²) in [4.78, 5) is 14.1. The Morgan fingerprint density at radius 3 is 2.59 bits per heavy atom. The number of rotatable bonds is 6. The van der Waals surface area contributed by atoms with Crippen molar-refractivity contribution in [3.8, 4) is 0 Å². The fourth-order valence-electron chi connectivity index (χ4n) is 1.69. The molecule has 0 saturated carbocycles. The lowest BCUT2D eigenvalue weighted by Gasteiger charge is -2.09. The molecule has 0 aliphatic heterocycles. The molecule has 0 aliphatic carbocycles. The minimum absolute atomic E-state index is 0.147. The van der Waals surface area contributed by atoms with Crippen molar-refractivity contribution >= 4 is 17.4 Å². The third kappa shape index (κ3) is 4.88. The first-order valence-corrected chi connectivity index (χ1v) is 6.32. The fraction of sp³-hybridized carbons (Fsp3) is 0.500. The molecule has 0 atom stereocenters. The largest absolute Gasteiger partial charge is 0.309 e. The van der Waals surface area contributed by atoms with Crippen LogP contribution < -0.4 is 0 Å². The number of nitrogens with zero attached hydrogens (tertiary/aromatic N) is 1. The van der Waals surface area contributed by atoms with E-state index in [9.17, 15) is 4.79 Å². The van der Waals surface area contributed by atoms with Crippen molar-refractivity contribution in [3.05, 3.63) is 34.3 Å². The summed E-state index contributed by atoms with van der Waals surface area (Å²) in [5.41, 5.74) is 1.74. The van der Waals surface area contributed by atoms with Crippen molar-refractivity contribution < 1.29 is 4.79 Å². The number of unbranched alkanes of at least 4 members (excludes halogenated alkanes) is 1. The van der Waals surface area contributed by atoms with Gasteiger partial charge >= 0.3 is 0 Å². The number of halogens is 1. The number of hydrogen-bond donors (Lipinski definition) is 0. The van der Waals surface area contributed by atoms with E-state index in [1.165, 1.54) is 0 Å². The summed E-state index contributed by atoms with van der Waals surface area (Å²) in [6.07, 6.45) is 2.54. The van der Waals surface area contributed by atoms with E-state index in [0.29, 0.717) is 17.0 Å². The van der Waals surface area contributed by atoms with Crippen molar-refractivity contribution in [2.45, 2.75) is 26.2 Å². The van der Waals surface area contributed by atoms with Crippen LogP contribution in [0, 0.1) is 6.92 Å². The highest BCUT2D eigenvalue weighted by Crippen LogP contribution is 2.19. The number of Topliss-reactive ketones (excluding diaryl/α,β-unsaturated/α-hetero) is 1. The molecule has 1 rings (SSSR count). The van der Waals surface area contributed by atoms with Gasteiger partial charge < -0.3 is 4.90 Å². The first-order chi connectivity index (χ1) is 8.00. The number of hydrogen-bond acceptors (Lipinski definition) is 2. The summed E-state index contributed by atoms with van der Waals surface area (Å²) in [5, 5.41) is 0.572. The van der Waals surface area contributed by atoms with E-state index in [0.717, 1.165) is 24.9 Å². The predicted molar refractivity (Wildman–Crippen MR) is 72.9 cm³/mol. The quantitative estimate of drug-likeness (QED) is 0.571. The van der Waals surface area contributed by atoms with E-state index in [-0.39, 0.29) is 5.78 Å². The molecule has 0 radical (unpaired) electrons. The zero-order valence-electron chi connectivity index (χ0n) is 10.8. The van der Waals surface area contributed by atoms with Crippen LogP contribution in [0.5, 0.6) is 0 Å². The first kappa shape index (κ1) is 14.2. The van der Waals surface area contributed by atoms with Crippen molar-refractivity contribution in [2.24, 2.45) is 0 Å². The second-order valence-electron chi connectivity index (χ2n) is 4.67. The maximum absolute atomic E-state index is 11.9. The smallest absolute Gasteiger partial charge is 0.164 e. The zero-order valence-corrected chi connectivity index (χ0v) is 11.5. The Hall–Kier alpha value is -0.860. The van der Waals surface area contributed by atoms with Crippen LogP contribution in [0.25, 0.3) is 0 Å². The Morgan fingerprint density at radius 2 is 2.00 bits per heavy atom. The molecule has 0 aromatic heterocycles. The standard InChI is InChI=1S/C14H20ClNO/c1-11-7-8-12(13(15)10-11)14(17)6-4-5-9-16(2)3/h7-8,10H,4-6,9H2,1-3H3. The summed E-state index contributed by atoms with van der Waals surface area (Å²) >= 11 is 6.06. The number of benzene rings is 1. The number of ketones is 1. The molecular formula is C14H20ClNO. The summed E-state index contributed by atoms with van der Waals surface area (Å²) in [5.74, 6) is 0.147. The van der Waals surface area contributed by atoms with Gasteiger partial charge in [-0.15, -0.1) is 0 Å². The first-order valence-electron chi connectivity index (χ1n) is 5.95. The van der Waals surface area contributed by atoms with Gasteiger partial charge in [-0.1, -0.05) is 17.7 Å². The second-order valence-corrected chi connectivity index (χ2v) is 5.07. The van der Waals surface area contributed by atoms with Gasteiger partial charge in [-0.25, -0.2) is 0 Å². The summed E-state index contributed by atoms with van der Waals surface area (Å²) < 4.78 is 0. The van der Waals surface area contributed by atoms with Gasteiger partial charge in [-0.05, 0) is 58.1 Å². The third-order valence-electron chi connectivity index (χ3n) is 2.68. The minimum atomic E-state index is 0.147. The molecule has 0 N–H and O–H groups in total. The van der Waals surface area contributed by atoms with Gasteiger partial charge in [0.2, 0.25) is 0 Å². The van der Waals surface area contributed by atoms with Gasteiger partial charge in [0.25, 0.3) is 0 Å². The molecule has 2 nitrogen and oxygen atoms in total. The number of carbonyl (C=O) groups excluding carboxylic acids is 1. The van der Waals surface area contributed by atoms with Gasteiger partial charge in [0.05, 0.1) is 5.02 Å². The molecule has 3 heteroatoms. The van der Waals surface area contributed by atoms with Crippen LogP contribution in [-0.4, -0.2) is 31.3 Å². The van der Waals surface area contributed by atoms with Gasteiger partial charge in [0.15, 0.2) is 5.78 Å². The Morgan fingerprint density at radius 1 is 1.29 bits per heavy atom. The van der Waals surface area contributed by atoms with Crippen molar-refractivity contribution in [1.29, 1.82) is 0 Å². The van der Waals surface area contributed by atoms with Crippen LogP contribution in [0.2, 0.25) is 5.02 Å². The highest BCUT2D eigenvalue weighted by Gasteiger charge is 2.09. The monoisotopic (exact) mass is 253 g/mol. The van der Waals surface area contributed by atoms with Crippen LogP contribution in [0.3, 0.4) is 0 Å². The Kier molecular flexibility index (Phi) is 5.66. The number of aryl methyl sites for hydroxylation is 1. The lowest BCUT2D eigenvalue weighted by molar-refractivity contribution is 0.0978. The average molecular weight is 254 g/mol. The predicted octanol–water partition coefficient (Wildman–Crippen LogP) is 3.56.